The van der Waals surface area contributed by atoms with E-state index in [0.29, 0.717) is 5.41 Å². The first-order valence-corrected chi connectivity index (χ1v) is 5.92. The lowest BCUT2D eigenvalue weighted by Gasteiger charge is -2.38. The Balaban J connectivity index is 1.75. The van der Waals surface area contributed by atoms with Crippen LogP contribution in [-0.2, 0) is 6.54 Å². The van der Waals surface area contributed by atoms with Crippen molar-refractivity contribution < 1.29 is 4.42 Å². The van der Waals surface area contributed by atoms with Gasteiger partial charge in [0, 0.05) is 6.54 Å². The van der Waals surface area contributed by atoms with E-state index in [2.05, 4.69) is 28.2 Å². The summed E-state index contributed by atoms with van der Waals surface area (Å²) in [6.45, 7) is 4.27. The summed E-state index contributed by atoms with van der Waals surface area (Å²) in [5, 5.41) is 3.45. The van der Waals surface area contributed by atoms with Gasteiger partial charge in [0.15, 0.2) is 0 Å². The molecule has 0 spiro atoms. The van der Waals surface area contributed by atoms with Crippen LogP contribution in [0.1, 0.15) is 31.9 Å². The summed E-state index contributed by atoms with van der Waals surface area (Å²) in [4.78, 5) is 0. The third kappa shape index (κ3) is 2.20. The molecule has 0 aliphatic heterocycles. The smallest absolute Gasteiger partial charge is 0.131 e. The van der Waals surface area contributed by atoms with E-state index < -0.39 is 0 Å². The third-order valence-corrected chi connectivity index (χ3v) is 3.80. The molecule has 0 bridgehead atoms. The summed E-state index contributed by atoms with van der Waals surface area (Å²) in [6, 6.07) is 1.93. The molecule has 1 aromatic rings. The molecule has 0 aromatic carbocycles. The van der Waals surface area contributed by atoms with Gasteiger partial charge in [-0.05, 0) is 40.3 Å². The van der Waals surface area contributed by atoms with E-state index in [9.17, 15) is 0 Å². The molecule has 0 saturated heterocycles. The van der Waals surface area contributed by atoms with Crippen molar-refractivity contribution in [2.75, 3.05) is 6.54 Å². The molecule has 2 rings (SSSR count). The molecule has 1 heterocycles. The number of halogens is 1. The van der Waals surface area contributed by atoms with Crippen molar-refractivity contribution in [1.29, 1.82) is 0 Å². The highest BCUT2D eigenvalue weighted by atomic mass is 79.9. The molecule has 0 amide bonds. The first-order valence-electron chi connectivity index (χ1n) is 5.12. The van der Waals surface area contributed by atoms with Crippen LogP contribution < -0.4 is 5.32 Å². The van der Waals surface area contributed by atoms with Crippen LogP contribution in [0.15, 0.2) is 21.2 Å². The van der Waals surface area contributed by atoms with E-state index in [1.807, 2.05) is 6.07 Å². The number of hydrogen-bond acceptors (Lipinski definition) is 2. The third-order valence-electron chi connectivity index (χ3n) is 3.09. The SMILES string of the molecule is CC1(CNCc2occc2Br)CCC1. The molecule has 78 valence electrons. The quantitative estimate of drug-likeness (QED) is 0.896. The molecular formula is C11H16BrNO. The fourth-order valence-corrected chi connectivity index (χ4v) is 2.23. The second kappa shape index (κ2) is 4.07. The highest BCUT2D eigenvalue weighted by molar-refractivity contribution is 9.10. The van der Waals surface area contributed by atoms with Gasteiger partial charge in [-0.25, -0.2) is 0 Å². The zero-order valence-corrected chi connectivity index (χ0v) is 10.1. The minimum atomic E-state index is 0.541. The Labute approximate surface area is 93.2 Å². The van der Waals surface area contributed by atoms with Gasteiger partial charge < -0.3 is 9.73 Å². The van der Waals surface area contributed by atoms with Gasteiger partial charge in [-0.3, -0.25) is 0 Å². The molecular weight excluding hydrogens is 242 g/mol. The van der Waals surface area contributed by atoms with E-state index in [4.69, 9.17) is 4.42 Å². The maximum atomic E-state index is 5.32. The maximum Gasteiger partial charge on any atom is 0.131 e. The summed E-state index contributed by atoms with van der Waals surface area (Å²) in [5.74, 6) is 0.993. The predicted octanol–water partition coefficient (Wildman–Crippen LogP) is 3.32. The molecule has 1 aromatic heterocycles. The van der Waals surface area contributed by atoms with Crippen LogP contribution in [0.3, 0.4) is 0 Å². The molecule has 14 heavy (non-hydrogen) atoms. The summed E-state index contributed by atoms with van der Waals surface area (Å²) in [6.07, 6.45) is 5.83. The molecule has 1 fully saturated rings. The van der Waals surface area contributed by atoms with E-state index in [1.54, 1.807) is 6.26 Å². The van der Waals surface area contributed by atoms with Gasteiger partial charge in [-0.15, -0.1) is 0 Å². The van der Waals surface area contributed by atoms with Crippen LogP contribution in [-0.4, -0.2) is 6.54 Å². The van der Waals surface area contributed by atoms with Gasteiger partial charge >= 0.3 is 0 Å². The lowest BCUT2D eigenvalue weighted by molar-refractivity contribution is 0.155. The van der Waals surface area contributed by atoms with Crippen molar-refractivity contribution >= 4 is 15.9 Å². The van der Waals surface area contributed by atoms with Crippen molar-refractivity contribution in [3.05, 3.63) is 22.6 Å². The Morgan fingerprint density at radius 2 is 2.36 bits per heavy atom. The predicted molar refractivity (Wildman–Crippen MR) is 60.1 cm³/mol. The number of hydrogen-bond donors (Lipinski definition) is 1. The van der Waals surface area contributed by atoms with Crippen molar-refractivity contribution in [2.45, 2.75) is 32.7 Å². The number of rotatable bonds is 4. The summed E-state index contributed by atoms with van der Waals surface area (Å²) >= 11 is 3.44. The molecule has 1 saturated carbocycles. The zero-order valence-electron chi connectivity index (χ0n) is 8.48. The Morgan fingerprint density at radius 1 is 1.57 bits per heavy atom. The van der Waals surface area contributed by atoms with E-state index in [-0.39, 0.29) is 0 Å². The molecule has 1 aliphatic carbocycles. The van der Waals surface area contributed by atoms with Gasteiger partial charge in [-0.2, -0.15) is 0 Å². The van der Waals surface area contributed by atoms with Gasteiger partial charge in [0.1, 0.15) is 5.76 Å². The molecule has 0 atom stereocenters. The summed E-state index contributed by atoms with van der Waals surface area (Å²) in [7, 11) is 0. The van der Waals surface area contributed by atoms with Crippen molar-refractivity contribution in [2.24, 2.45) is 5.41 Å². The lowest BCUT2D eigenvalue weighted by atomic mass is 9.70. The Hall–Kier alpha value is -0.280. The van der Waals surface area contributed by atoms with Crippen LogP contribution in [0.2, 0.25) is 0 Å². The summed E-state index contributed by atoms with van der Waals surface area (Å²) < 4.78 is 6.38. The molecule has 3 heteroatoms. The van der Waals surface area contributed by atoms with Crippen molar-refractivity contribution in [3.8, 4) is 0 Å². The minimum absolute atomic E-state index is 0.541. The fourth-order valence-electron chi connectivity index (χ4n) is 1.89. The second-order valence-electron chi connectivity index (χ2n) is 4.46. The lowest BCUT2D eigenvalue weighted by Crippen LogP contribution is -2.36. The van der Waals surface area contributed by atoms with Gasteiger partial charge in [-0.1, -0.05) is 13.3 Å². The summed E-state index contributed by atoms with van der Waals surface area (Å²) in [5.41, 5.74) is 0.541. The van der Waals surface area contributed by atoms with Gasteiger partial charge in [0.2, 0.25) is 0 Å². The van der Waals surface area contributed by atoms with Crippen LogP contribution in [0.4, 0.5) is 0 Å². The number of furan rings is 1. The Bertz CT molecular complexity index is 304. The topological polar surface area (TPSA) is 25.2 Å². The Kier molecular flexibility index (Phi) is 2.98. The highest BCUT2D eigenvalue weighted by Crippen LogP contribution is 2.39. The molecule has 1 aliphatic rings. The second-order valence-corrected chi connectivity index (χ2v) is 5.31. The molecule has 2 nitrogen and oxygen atoms in total. The van der Waals surface area contributed by atoms with Crippen LogP contribution in [0.5, 0.6) is 0 Å². The number of nitrogens with one attached hydrogen (secondary N) is 1. The van der Waals surface area contributed by atoms with Gasteiger partial charge in [0.05, 0.1) is 17.3 Å². The maximum absolute atomic E-state index is 5.32. The van der Waals surface area contributed by atoms with Crippen LogP contribution in [0, 0.1) is 5.41 Å². The van der Waals surface area contributed by atoms with Gasteiger partial charge in [0.25, 0.3) is 0 Å². The average molecular weight is 258 g/mol. The minimum Gasteiger partial charge on any atom is -0.467 e. The molecule has 1 N–H and O–H groups in total. The van der Waals surface area contributed by atoms with E-state index >= 15 is 0 Å². The first-order chi connectivity index (χ1) is 6.70. The molecule has 0 radical (unpaired) electrons. The average Bonchev–Trinajstić information content (AvgIpc) is 2.49. The standard InChI is InChI=1S/C11H16BrNO/c1-11(4-2-5-11)8-13-7-10-9(12)3-6-14-10/h3,6,13H,2,4-5,7-8H2,1H3. The van der Waals surface area contributed by atoms with E-state index in [0.717, 1.165) is 23.3 Å². The van der Waals surface area contributed by atoms with Crippen molar-refractivity contribution in [3.63, 3.8) is 0 Å². The monoisotopic (exact) mass is 257 g/mol. The van der Waals surface area contributed by atoms with E-state index in [1.165, 1.54) is 19.3 Å². The largest absolute Gasteiger partial charge is 0.467 e. The van der Waals surface area contributed by atoms with Crippen molar-refractivity contribution in [1.82, 2.24) is 5.32 Å². The molecule has 0 unspecified atom stereocenters. The normalized spacial score (nSPS) is 19.3. The highest BCUT2D eigenvalue weighted by Gasteiger charge is 2.30. The van der Waals surface area contributed by atoms with Crippen LogP contribution in [0.25, 0.3) is 0 Å². The fraction of sp³-hybridized carbons (Fsp3) is 0.636. The van der Waals surface area contributed by atoms with Crippen LogP contribution >= 0.6 is 15.9 Å². The zero-order chi connectivity index (χ0) is 10.0. The Morgan fingerprint density at radius 3 is 2.86 bits per heavy atom. The first kappa shape index (κ1) is 10.2.